The predicted molar refractivity (Wildman–Crippen MR) is 102 cm³/mol. The number of nitrogens with one attached hydrogen (secondary N) is 1. The molecule has 1 N–H and O–H groups in total. The molecule has 1 aromatic carbocycles. The van der Waals surface area contributed by atoms with Crippen LogP contribution in [0.5, 0.6) is 5.75 Å². The monoisotopic (exact) mass is 367 g/mol. The fraction of sp³-hybridized carbons (Fsp3) is 0.316. The Labute approximate surface area is 156 Å². The van der Waals surface area contributed by atoms with E-state index in [1.165, 1.54) is 11.1 Å². The van der Waals surface area contributed by atoms with E-state index < -0.39 is 0 Å². The summed E-state index contributed by atoms with van der Waals surface area (Å²) >= 11 is 1.64. The maximum Gasteiger partial charge on any atom is 0.182 e. The molecule has 0 bridgehead atoms. The zero-order chi connectivity index (χ0) is 17.9. The molecule has 0 spiro atoms. The molecule has 1 aliphatic rings. The lowest BCUT2D eigenvalue weighted by Gasteiger charge is -2.11. The van der Waals surface area contributed by atoms with Gasteiger partial charge in [0.05, 0.1) is 18.5 Å². The number of fused-ring (bicyclic) bond motifs is 1. The van der Waals surface area contributed by atoms with Gasteiger partial charge in [-0.3, -0.25) is 4.90 Å². The smallest absolute Gasteiger partial charge is 0.182 e. The number of hydrogen-bond donors (Lipinski definition) is 1. The Morgan fingerprint density at radius 3 is 2.77 bits per heavy atom. The predicted octanol–water partition coefficient (Wildman–Crippen LogP) is 3.09. The first-order valence-electron chi connectivity index (χ1n) is 8.54. The van der Waals surface area contributed by atoms with Gasteiger partial charge in [-0.05, 0) is 17.7 Å². The Morgan fingerprint density at radius 2 is 2.04 bits per heavy atom. The fourth-order valence-electron chi connectivity index (χ4n) is 3.11. The lowest BCUT2D eigenvalue weighted by Crippen LogP contribution is -2.16. The second kappa shape index (κ2) is 7.39. The van der Waals surface area contributed by atoms with Gasteiger partial charge in [0.15, 0.2) is 5.13 Å². The summed E-state index contributed by atoms with van der Waals surface area (Å²) in [5, 5.41) is 6.15. The van der Waals surface area contributed by atoms with Crippen LogP contribution in [0.3, 0.4) is 0 Å². The molecule has 0 saturated heterocycles. The van der Waals surface area contributed by atoms with Gasteiger partial charge in [0.1, 0.15) is 11.6 Å². The molecular formula is C19H21N5OS. The van der Waals surface area contributed by atoms with Gasteiger partial charge in [-0.25, -0.2) is 15.0 Å². The Kier molecular flexibility index (Phi) is 4.81. The van der Waals surface area contributed by atoms with Gasteiger partial charge in [-0.2, -0.15) is 0 Å². The average molecular weight is 367 g/mol. The van der Waals surface area contributed by atoms with Crippen LogP contribution >= 0.6 is 11.3 Å². The molecule has 0 aliphatic carbocycles. The maximum atomic E-state index is 5.20. The van der Waals surface area contributed by atoms with E-state index in [0.29, 0.717) is 0 Å². The number of aromatic nitrogens is 3. The second-order valence-corrected chi connectivity index (χ2v) is 7.18. The highest BCUT2D eigenvalue weighted by atomic mass is 32.1. The van der Waals surface area contributed by atoms with Crippen molar-refractivity contribution in [2.75, 3.05) is 19.5 Å². The summed E-state index contributed by atoms with van der Waals surface area (Å²) in [5.41, 5.74) is 4.63. The van der Waals surface area contributed by atoms with Gasteiger partial charge in [-0.1, -0.05) is 12.1 Å². The molecule has 6 nitrogen and oxygen atoms in total. The van der Waals surface area contributed by atoms with Crippen molar-refractivity contribution in [3.05, 3.63) is 64.2 Å². The van der Waals surface area contributed by atoms with Crippen LogP contribution in [0.15, 0.2) is 35.8 Å². The van der Waals surface area contributed by atoms with Crippen molar-refractivity contribution >= 4 is 16.5 Å². The van der Waals surface area contributed by atoms with Crippen molar-refractivity contribution in [3.8, 4) is 5.75 Å². The lowest BCUT2D eigenvalue weighted by atomic mass is 10.1. The summed E-state index contributed by atoms with van der Waals surface area (Å²) in [4.78, 5) is 16.3. The number of methoxy groups -OCH3 is 1. The number of anilines is 1. The van der Waals surface area contributed by atoms with Crippen molar-refractivity contribution < 1.29 is 4.74 Å². The van der Waals surface area contributed by atoms with Crippen molar-refractivity contribution in [1.82, 2.24) is 19.9 Å². The van der Waals surface area contributed by atoms with Crippen molar-refractivity contribution in [2.24, 2.45) is 0 Å². The first-order chi connectivity index (χ1) is 12.7. The molecular weight excluding hydrogens is 346 g/mol. The topological polar surface area (TPSA) is 63.2 Å². The molecule has 3 heterocycles. The van der Waals surface area contributed by atoms with E-state index in [4.69, 9.17) is 9.72 Å². The van der Waals surface area contributed by atoms with Crippen molar-refractivity contribution in [1.29, 1.82) is 0 Å². The van der Waals surface area contributed by atoms with Gasteiger partial charge in [0.25, 0.3) is 0 Å². The highest BCUT2D eigenvalue weighted by Crippen LogP contribution is 2.24. The van der Waals surface area contributed by atoms with Crippen LogP contribution in [-0.2, 0) is 26.1 Å². The first kappa shape index (κ1) is 16.9. The van der Waals surface area contributed by atoms with E-state index in [1.54, 1.807) is 18.4 Å². The molecule has 3 aromatic rings. The van der Waals surface area contributed by atoms with Crippen molar-refractivity contribution in [3.63, 3.8) is 0 Å². The highest BCUT2D eigenvalue weighted by molar-refractivity contribution is 7.13. The number of nitrogens with zero attached hydrogens (tertiary/aromatic N) is 4. The zero-order valence-corrected chi connectivity index (χ0v) is 15.7. The quantitative estimate of drug-likeness (QED) is 0.722. The van der Waals surface area contributed by atoms with Crippen LogP contribution in [0, 0.1) is 0 Å². The highest BCUT2D eigenvalue weighted by Gasteiger charge is 2.22. The zero-order valence-electron chi connectivity index (χ0n) is 14.9. The first-order valence-corrected chi connectivity index (χ1v) is 9.42. The minimum atomic E-state index is 0.731. The Morgan fingerprint density at radius 1 is 1.19 bits per heavy atom. The second-order valence-electron chi connectivity index (χ2n) is 6.32. The van der Waals surface area contributed by atoms with Gasteiger partial charge in [-0.15, -0.1) is 11.3 Å². The third-order valence-electron chi connectivity index (χ3n) is 4.44. The molecule has 134 valence electrons. The standard InChI is InChI=1S/C19H21N5OS/c1-20-19-22-15(12-26-19)10-24-9-14-8-21-18(23-17(14)11-24)7-13-3-5-16(25-2)6-4-13/h3-6,8,12H,7,9-11H2,1-2H3,(H,20,22). The van der Waals surface area contributed by atoms with E-state index in [-0.39, 0.29) is 0 Å². The molecule has 0 fully saturated rings. The lowest BCUT2D eigenvalue weighted by molar-refractivity contribution is 0.271. The van der Waals surface area contributed by atoms with Gasteiger partial charge in [0.2, 0.25) is 0 Å². The van der Waals surface area contributed by atoms with Gasteiger partial charge < -0.3 is 10.1 Å². The summed E-state index contributed by atoms with van der Waals surface area (Å²) < 4.78 is 5.20. The molecule has 0 amide bonds. The van der Waals surface area contributed by atoms with Gasteiger partial charge >= 0.3 is 0 Å². The molecule has 0 atom stereocenters. The Balaban J connectivity index is 1.42. The average Bonchev–Trinajstić information content (AvgIpc) is 3.28. The number of ether oxygens (including phenoxy) is 1. The summed E-state index contributed by atoms with van der Waals surface area (Å²) in [6.45, 7) is 2.56. The Hall–Kier alpha value is -2.51. The number of rotatable bonds is 6. The number of benzene rings is 1. The summed E-state index contributed by atoms with van der Waals surface area (Å²) in [5.74, 6) is 1.73. The SMILES string of the molecule is CNc1nc(CN2Cc3cnc(Cc4ccc(OC)cc4)nc3C2)cs1. The minimum Gasteiger partial charge on any atom is -0.497 e. The van der Waals surface area contributed by atoms with E-state index in [1.807, 2.05) is 25.4 Å². The van der Waals surface area contributed by atoms with E-state index in [2.05, 4.69) is 37.7 Å². The minimum absolute atomic E-state index is 0.731. The van der Waals surface area contributed by atoms with Crippen LogP contribution < -0.4 is 10.1 Å². The third-order valence-corrected chi connectivity index (χ3v) is 5.35. The molecule has 4 rings (SSSR count). The number of hydrogen-bond acceptors (Lipinski definition) is 7. The van der Waals surface area contributed by atoms with Crippen molar-refractivity contribution in [2.45, 2.75) is 26.1 Å². The van der Waals surface area contributed by atoms with Gasteiger partial charge in [0, 0.05) is 50.2 Å². The normalized spacial score (nSPS) is 13.6. The molecule has 0 radical (unpaired) electrons. The van der Waals surface area contributed by atoms with Crippen LogP contribution in [0.25, 0.3) is 0 Å². The molecule has 7 heteroatoms. The molecule has 1 aliphatic heterocycles. The molecule has 2 aromatic heterocycles. The number of thiazole rings is 1. The van der Waals surface area contributed by atoms with E-state index in [0.717, 1.165) is 54.1 Å². The third kappa shape index (κ3) is 3.68. The largest absolute Gasteiger partial charge is 0.497 e. The molecule has 0 saturated carbocycles. The molecule has 26 heavy (non-hydrogen) atoms. The molecule has 0 unspecified atom stereocenters. The fourth-order valence-corrected chi connectivity index (χ4v) is 3.77. The summed E-state index contributed by atoms with van der Waals surface area (Å²) in [6, 6.07) is 8.06. The van der Waals surface area contributed by atoms with E-state index in [9.17, 15) is 0 Å². The van der Waals surface area contributed by atoms with Crippen LogP contribution in [0.4, 0.5) is 5.13 Å². The summed E-state index contributed by atoms with van der Waals surface area (Å²) in [6.07, 6.45) is 2.70. The maximum absolute atomic E-state index is 5.20. The van der Waals surface area contributed by atoms with Crippen LogP contribution in [0.1, 0.15) is 28.3 Å². The summed E-state index contributed by atoms with van der Waals surface area (Å²) in [7, 11) is 3.57. The Bertz CT molecular complexity index is 893. The van der Waals surface area contributed by atoms with Crippen LogP contribution in [0.2, 0.25) is 0 Å². The van der Waals surface area contributed by atoms with E-state index >= 15 is 0 Å². The van der Waals surface area contributed by atoms with Crippen LogP contribution in [-0.4, -0.2) is 34.0 Å².